The Balaban J connectivity index is 1.70. The Hall–Kier alpha value is -3.20. The van der Waals surface area contributed by atoms with Gasteiger partial charge in [0.1, 0.15) is 12.6 Å². The molecule has 0 spiro atoms. The van der Waals surface area contributed by atoms with Crippen LogP contribution in [0.2, 0.25) is 0 Å². The number of rotatable bonds is 8. The summed E-state index contributed by atoms with van der Waals surface area (Å²) in [5.41, 5.74) is 3.16. The Morgan fingerprint density at radius 3 is 2.53 bits per heavy atom. The number of thioether (sulfide) groups is 1. The van der Waals surface area contributed by atoms with Crippen LogP contribution in [0.4, 0.5) is 15.3 Å². The van der Waals surface area contributed by atoms with Crippen molar-refractivity contribution in [2.75, 3.05) is 23.9 Å². The van der Waals surface area contributed by atoms with Gasteiger partial charge in [0.25, 0.3) is 0 Å². The lowest BCUT2D eigenvalue weighted by atomic mass is 9.77. The first kappa shape index (κ1) is 27.4. The van der Waals surface area contributed by atoms with Crippen molar-refractivity contribution >= 4 is 35.5 Å². The van der Waals surface area contributed by atoms with Gasteiger partial charge in [-0.3, -0.25) is 4.79 Å². The van der Waals surface area contributed by atoms with Crippen LogP contribution in [0, 0.1) is 5.41 Å². The number of hydrogen-bond donors (Lipinski definition) is 3. The van der Waals surface area contributed by atoms with E-state index >= 15 is 0 Å². The smallest absolute Gasteiger partial charge is 0.408 e. The quantitative estimate of drug-likeness (QED) is 0.442. The number of benzene rings is 2. The molecular weight excluding hydrogens is 478 g/mol. The van der Waals surface area contributed by atoms with Gasteiger partial charge in [-0.15, -0.1) is 0 Å². The molecule has 3 N–H and O–H groups in total. The zero-order chi connectivity index (χ0) is 26.3. The van der Waals surface area contributed by atoms with Gasteiger partial charge in [0.15, 0.2) is 0 Å². The minimum Gasteiger partial charge on any atom is -0.465 e. The Morgan fingerprint density at radius 2 is 1.89 bits per heavy atom. The van der Waals surface area contributed by atoms with Crippen LogP contribution in [0.3, 0.4) is 0 Å². The molecule has 3 amide bonds. The number of nitrogens with one attached hydrogen (secondary N) is 2. The summed E-state index contributed by atoms with van der Waals surface area (Å²) >= 11 is 1.59. The monoisotopic (exact) mass is 513 g/mol. The van der Waals surface area contributed by atoms with Gasteiger partial charge in [-0.05, 0) is 59.1 Å². The lowest BCUT2D eigenvalue weighted by Gasteiger charge is -2.43. The number of nitrogens with zero attached hydrogens (tertiary/aromatic N) is 1. The van der Waals surface area contributed by atoms with Crippen molar-refractivity contribution < 1.29 is 24.2 Å². The third-order valence-electron chi connectivity index (χ3n) is 6.14. The molecule has 9 heteroatoms. The zero-order valence-electron chi connectivity index (χ0n) is 21.2. The maximum atomic E-state index is 13.1. The highest BCUT2D eigenvalue weighted by Gasteiger charge is 2.38. The first-order valence-electron chi connectivity index (χ1n) is 12.0. The van der Waals surface area contributed by atoms with E-state index in [0.29, 0.717) is 30.8 Å². The fourth-order valence-electron chi connectivity index (χ4n) is 4.49. The molecule has 0 aromatic heterocycles. The predicted molar refractivity (Wildman–Crippen MR) is 142 cm³/mol. The summed E-state index contributed by atoms with van der Waals surface area (Å²) < 4.78 is 5.30. The normalized spacial score (nSPS) is 16.0. The zero-order valence-corrected chi connectivity index (χ0v) is 22.1. The summed E-state index contributed by atoms with van der Waals surface area (Å²) in [4.78, 5) is 38.8. The van der Waals surface area contributed by atoms with Crippen molar-refractivity contribution in [2.45, 2.75) is 52.3 Å². The SMILES string of the molecule is CSCC[C@H](NC(=O)OCc1ccccc1)C(=O)Nc1ccc2c(c1)CCN(C(=O)O)C2C(C)(C)C. The fraction of sp³-hybridized carbons (Fsp3) is 0.444. The highest BCUT2D eigenvalue weighted by Crippen LogP contribution is 2.42. The molecule has 2 aromatic carbocycles. The highest BCUT2D eigenvalue weighted by molar-refractivity contribution is 7.98. The first-order valence-corrected chi connectivity index (χ1v) is 13.4. The molecule has 1 unspecified atom stereocenters. The molecule has 2 aromatic rings. The molecule has 1 aliphatic rings. The number of ether oxygens (including phenoxy) is 1. The van der Waals surface area contributed by atoms with Gasteiger partial charge >= 0.3 is 12.2 Å². The van der Waals surface area contributed by atoms with Crippen LogP contribution >= 0.6 is 11.8 Å². The standard InChI is InChI=1S/C27H35N3O5S/c1-27(2,3)23-21-11-10-20(16-19(21)12-14-30(23)26(33)34)28-24(31)22(13-15-36-4)29-25(32)35-17-18-8-6-5-7-9-18/h5-11,16,22-23H,12-15,17H2,1-4H3,(H,28,31)(H,29,32)(H,33,34)/t22-,23?/m0/s1. The van der Waals surface area contributed by atoms with E-state index in [0.717, 1.165) is 16.7 Å². The maximum absolute atomic E-state index is 13.1. The molecule has 0 radical (unpaired) electrons. The molecule has 3 rings (SSSR count). The largest absolute Gasteiger partial charge is 0.465 e. The van der Waals surface area contributed by atoms with Gasteiger partial charge < -0.3 is 25.4 Å². The number of carbonyl (C=O) groups excluding carboxylic acids is 2. The molecule has 194 valence electrons. The van der Waals surface area contributed by atoms with Gasteiger partial charge in [0.05, 0.1) is 6.04 Å². The van der Waals surface area contributed by atoms with E-state index in [4.69, 9.17) is 4.74 Å². The second-order valence-electron chi connectivity index (χ2n) is 9.94. The average Bonchev–Trinajstić information content (AvgIpc) is 2.84. The Kier molecular flexibility index (Phi) is 9.25. The van der Waals surface area contributed by atoms with E-state index in [1.54, 1.807) is 17.8 Å². The Labute approximate surface area is 216 Å². The van der Waals surface area contributed by atoms with Crippen molar-refractivity contribution in [3.05, 3.63) is 65.2 Å². The van der Waals surface area contributed by atoms with Crippen LogP contribution in [0.25, 0.3) is 0 Å². The average molecular weight is 514 g/mol. The van der Waals surface area contributed by atoms with Crippen LogP contribution < -0.4 is 10.6 Å². The lowest BCUT2D eigenvalue weighted by Crippen LogP contribution is -2.45. The number of alkyl carbamates (subject to hydrolysis) is 1. The number of fused-ring (bicyclic) bond motifs is 1. The minimum atomic E-state index is -0.931. The van der Waals surface area contributed by atoms with E-state index < -0.39 is 18.2 Å². The number of anilines is 1. The van der Waals surface area contributed by atoms with Crippen LogP contribution in [0.15, 0.2) is 48.5 Å². The maximum Gasteiger partial charge on any atom is 0.408 e. The fourth-order valence-corrected chi connectivity index (χ4v) is 4.96. The topological polar surface area (TPSA) is 108 Å². The van der Waals surface area contributed by atoms with Crippen molar-refractivity contribution in [2.24, 2.45) is 5.41 Å². The van der Waals surface area contributed by atoms with Crippen LogP contribution in [0.1, 0.15) is 49.9 Å². The van der Waals surface area contributed by atoms with Gasteiger partial charge in [-0.25, -0.2) is 9.59 Å². The van der Waals surface area contributed by atoms with Crippen LogP contribution in [-0.2, 0) is 22.6 Å². The summed E-state index contributed by atoms with van der Waals surface area (Å²) in [6.45, 7) is 6.59. The molecule has 0 fully saturated rings. The second kappa shape index (κ2) is 12.2. The third kappa shape index (κ3) is 7.16. The van der Waals surface area contributed by atoms with Crippen molar-refractivity contribution in [3.63, 3.8) is 0 Å². The lowest BCUT2D eigenvalue weighted by molar-refractivity contribution is -0.118. The van der Waals surface area contributed by atoms with E-state index in [9.17, 15) is 19.5 Å². The van der Waals surface area contributed by atoms with E-state index in [1.165, 1.54) is 4.90 Å². The summed E-state index contributed by atoms with van der Waals surface area (Å²) in [5, 5.41) is 15.3. The first-order chi connectivity index (χ1) is 17.1. The van der Waals surface area contributed by atoms with Gasteiger partial charge in [0, 0.05) is 12.2 Å². The molecule has 2 atom stereocenters. The highest BCUT2D eigenvalue weighted by atomic mass is 32.2. The van der Waals surface area contributed by atoms with Gasteiger partial charge in [0.2, 0.25) is 5.91 Å². The van der Waals surface area contributed by atoms with Gasteiger partial charge in [-0.1, -0.05) is 57.2 Å². The van der Waals surface area contributed by atoms with Crippen molar-refractivity contribution in [1.29, 1.82) is 0 Å². The van der Waals surface area contributed by atoms with E-state index in [-0.39, 0.29) is 24.0 Å². The number of amides is 3. The number of carbonyl (C=O) groups is 3. The van der Waals surface area contributed by atoms with Gasteiger partial charge in [-0.2, -0.15) is 11.8 Å². The van der Waals surface area contributed by atoms with E-state index in [1.807, 2.05) is 69.5 Å². The predicted octanol–water partition coefficient (Wildman–Crippen LogP) is 5.30. The molecule has 0 bridgehead atoms. The van der Waals surface area contributed by atoms with E-state index in [2.05, 4.69) is 10.6 Å². The second-order valence-corrected chi connectivity index (χ2v) is 10.9. The molecule has 0 aliphatic carbocycles. The van der Waals surface area contributed by atoms with Crippen molar-refractivity contribution in [1.82, 2.24) is 10.2 Å². The Morgan fingerprint density at radius 1 is 1.17 bits per heavy atom. The molecule has 1 aliphatic heterocycles. The van der Waals surface area contributed by atoms with Crippen LogP contribution in [-0.4, -0.2) is 52.7 Å². The summed E-state index contributed by atoms with van der Waals surface area (Å²) in [7, 11) is 0. The summed E-state index contributed by atoms with van der Waals surface area (Å²) in [6.07, 6.45) is 1.39. The molecule has 1 heterocycles. The molecule has 8 nitrogen and oxygen atoms in total. The summed E-state index contributed by atoms with van der Waals surface area (Å²) in [6, 6.07) is 13.9. The number of carboxylic acid groups (broad SMARTS) is 1. The summed E-state index contributed by atoms with van der Waals surface area (Å²) in [5.74, 6) is 0.371. The Bertz CT molecular complexity index is 1070. The molecular formula is C27H35N3O5S. The molecule has 36 heavy (non-hydrogen) atoms. The van der Waals surface area contributed by atoms with Crippen LogP contribution in [0.5, 0.6) is 0 Å². The number of hydrogen-bond acceptors (Lipinski definition) is 5. The molecule has 0 saturated carbocycles. The minimum absolute atomic E-state index is 0.122. The van der Waals surface area contributed by atoms with Crippen molar-refractivity contribution in [3.8, 4) is 0 Å². The third-order valence-corrected chi connectivity index (χ3v) is 6.78. The molecule has 0 saturated heterocycles.